The highest BCUT2D eigenvalue weighted by Gasteiger charge is 2.18. The molecule has 154 valence electrons. The Balaban J connectivity index is 2.02. The number of aromatic nitrogens is 2. The van der Waals surface area contributed by atoms with E-state index in [9.17, 15) is 4.39 Å². The molecule has 0 aliphatic carbocycles. The van der Waals surface area contributed by atoms with Crippen molar-refractivity contribution in [3.8, 4) is 26.9 Å². The highest BCUT2D eigenvalue weighted by atomic mass is 32.1. The van der Waals surface area contributed by atoms with Crippen LogP contribution < -0.4 is 4.74 Å². The molecule has 0 saturated heterocycles. The number of halogens is 1. The molecule has 1 heterocycles. The second kappa shape index (κ2) is 9.51. The molecule has 0 N–H and O–H groups in total. The number of ether oxygens (including phenoxy) is 2. The van der Waals surface area contributed by atoms with Gasteiger partial charge in [0.25, 0.3) is 0 Å². The summed E-state index contributed by atoms with van der Waals surface area (Å²) in [5.74, 6) is 0.541. The van der Waals surface area contributed by atoms with Crippen LogP contribution in [0.25, 0.3) is 32.1 Å². The second-order valence-electron chi connectivity index (χ2n) is 7.08. The number of methoxy groups -OCH3 is 2. The van der Waals surface area contributed by atoms with Gasteiger partial charge in [-0.3, -0.25) is 0 Å². The van der Waals surface area contributed by atoms with Crippen LogP contribution in [0.4, 0.5) is 10.1 Å². The first-order chi connectivity index (χ1) is 14.5. The Morgan fingerprint density at radius 1 is 1.17 bits per heavy atom. The lowest BCUT2D eigenvalue weighted by atomic mass is 10.00. The number of rotatable bonds is 7. The van der Waals surface area contributed by atoms with Gasteiger partial charge < -0.3 is 9.47 Å². The van der Waals surface area contributed by atoms with Crippen molar-refractivity contribution in [3.63, 3.8) is 0 Å². The van der Waals surface area contributed by atoms with E-state index < -0.39 is 5.82 Å². The molecule has 0 aliphatic heterocycles. The maximum absolute atomic E-state index is 14.2. The summed E-state index contributed by atoms with van der Waals surface area (Å²) in [6.45, 7) is 11.8. The zero-order chi connectivity index (χ0) is 21.7. The molecule has 2 aromatic carbocycles. The van der Waals surface area contributed by atoms with Crippen LogP contribution in [0.1, 0.15) is 25.0 Å². The predicted molar refractivity (Wildman–Crippen MR) is 118 cm³/mol. The quantitative estimate of drug-likeness (QED) is 0.326. The van der Waals surface area contributed by atoms with Crippen molar-refractivity contribution in [1.82, 2.24) is 10.2 Å². The van der Waals surface area contributed by atoms with Gasteiger partial charge >= 0.3 is 0 Å². The van der Waals surface area contributed by atoms with Crippen LogP contribution in [0, 0.1) is 18.3 Å². The minimum atomic E-state index is -0.411. The molecular formula is C23H22FN3O2S. The molecule has 5 nitrogen and oxygen atoms in total. The smallest absolute Gasteiger partial charge is 0.191 e. The summed E-state index contributed by atoms with van der Waals surface area (Å²) in [5, 5.41) is 9.71. The Morgan fingerprint density at radius 3 is 2.60 bits per heavy atom. The normalized spacial score (nSPS) is 11.1. The van der Waals surface area contributed by atoms with Gasteiger partial charge in [-0.25, -0.2) is 9.24 Å². The molecule has 0 unspecified atom stereocenters. The number of hydrogen-bond donors (Lipinski definition) is 0. The Kier molecular flexibility index (Phi) is 6.80. The minimum absolute atomic E-state index is 0.411. The molecule has 0 fully saturated rings. The van der Waals surface area contributed by atoms with E-state index in [1.165, 1.54) is 44.0 Å². The van der Waals surface area contributed by atoms with Gasteiger partial charge in [-0.1, -0.05) is 37.3 Å². The fourth-order valence-electron chi connectivity index (χ4n) is 3.13. The van der Waals surface area contributed by atoms with Crippen molar-refractivity contribution >= 4 is 23.1 Å². The van der Waals surface area contributed by atoms with Crippen LogP contribution in [0.5, 0.6) is 5.75 Å². The zero-order valence-electron chi connectivity index (χ0n) is 17.3. The number of benzene rings is 2. The third-order valence-electron chi connectivity index (χ3n) is 4.41. The summed E-state index contributed by atoms with van der Waals surface area (Å²) in [7, 11) is 3.04. The molecule has 0 amide bonds. The summed E-state index contributed by atoms with van der Waals surface area (Å²) in [6.07, 6.45) is 3.93. The summed E-state index contributed by atoms with van der Waals surface area (Å²) < 4.78 is 24.7. The lowest BCUT2D eigenvalue weighted by molar-refractivity contribution is 0.341. The summed E-state index contributed by atoms with van der Waals surface area (Å²) >= 11 is 1.32. The Bertz CT molecular complexity index is 1120. The van der Waals surface area contributed by atoms with E-state index in [0.717, 1.165) is 17.5 Å². The van der Waals surface area contributed by atoms with E-state index in [1.807, 2.05) is 18.2 Å². The van der Waals surface area contributed by atoms with Gasteiger partial charge in [0, 0.05) is 11.1 Å². The topological polar surface area (TPSA) is 48.6 Å². The van der Waals surface area contributed by atoms with E-state index in [1.54, 1.807) is 6.08 Å². The van der Waals surface area contributed by atoms with Gasteiger partial charge in [0.15, 0.2) is 10.7 Å². The van der Waals surface area contributed by atoms with Crippen LogP contribution in [-0.4, -0.2) is 24.4 Å². The number of hydrogen-bond acceptors (Lipinski definition) is 5. The van der Waals surface area contributed by atoms with E-state index in [-0.39, 0.29) is 0 Å². The number of nitrogens with zero attached hydrogens (tertiary/aromatic N) is 3. The Morgan fingerprint density at radius 2 is 1.93 bits per heavy atom. The maximum Gasteiger partial charge on any atom is 0.191 e. The molecule has 3 rings (SSSR count). The summed E-state index contributed by atoms with van der Waals surface area (Å²) in [5.41, 5.74) is 3.51. The fourth-order valence-corrected chi connectivity index (χ4v) is 3.98. The largest absolute Gasteiger partial charge is 0.504 e. The van der Waals surface area contributed by atoms with Crippen molar-refractivity contribution in [2.75, 3.05) is 14.2 Å². The van der Waals surface area contributed by atoms with Crippen molar-refractivity contribution < 1.29 is 13.9 Å². The predicted octanol–water partition coefficient (Wildman–Crippen LogP) is 6.39. The van der Waals surface area contributed by atoms with Crippen molar-refractivity contribution in [2.24, 2.45) is 5.92 Å². The van der Waals surface area contributed by atoms with Crippen LogP contribution >= 0.6 is 11.3 Å². The minimum Gasteiger partial charge on any atom is -0.504 e. The third-order valence-corrected chi connectivity index (χ3v) is 5.41. The van der Waals surface area contributed by atoms with Gasteiger partial charge in [-0.2, -0.15) is 0 Å². The molecule has 0 atom stereocenters. The van der Waals surface area contributed by atoms with Crippen molar-refractivity contribution in [3.05, 3.63) is 65.0 Å². The van der Waals surface area contributed by atoms with Gasteiger partial charge in [-0.15, -0.1) is 10.2 Å². The average Bonchev–Trinajstić information content (AvgIpc) is 3.21. The Labute approximate surface area is 179 Å². The van der Waals surface area contributed by atoms with Crippen LogP contribution in [0.2, 0.25) is 0 Å². The van der Waals surface area contributed by atoms with Crippen LogP contribution in [0.3, 0.4) is 0 Å². The lowest BCUT2D eigenvalue weighted by Crippen LogP contribution is -1.94. The van der Waals surface area contributed by atoms with E-state index in [2.05, 4.69) is 28.9 Å². The molecule has 0 aliphatic rings. The van der Waals surface area contributed by atoms with Gasteiger partial charge in [0.05, 0.1) is 32.6 Å². The monoisotopic (exact) mass is 423 g/mol. The molecular weight excluding hydrogens is 401 g/mol. The zero-order valence-corrected chi connectivity index (χ0v) is 18.1. The van der Waals surface area contributed by atoms with E-state index in [0.29, 0.717) is 38.5 Å². The SMILES string of the molecule is [C-]#[N+]c1cc(-c2nnc(-c3cc(F)cc(/C=C/OC)c3OC)s2)ccc1CC(C)C. The molecule has 1 aromatic heterocycles. The standard InChI is InChI=1S/C23H22FN3O2S/c1-14(2)10-15-6-7-17(12-20(15)25-3)22-26-27-23(30-22)19-13-18(24)11-16(8-9-28-4)21(19)29-5/h6-9,11-14H,10H2,1-2,4-5H3/b9-8+. The van der Waals surface area contributed by atoms with Crippen LogP contribution in [0.15, 0.2) is 36.6 Å². The molecule has 0 radical (unpaired) electrons. The van der Waals surface area contributed by atoms with Gasteiger partial charge in [0.1, 0.15) is 16.6 Å². The maximum atomic E-state index is 14.2. The van der Waals surface area contributed by atoms with Gasteiger partial charge in [0.2, 0.25) is 0 Å². The van der Waals surface area contributed by atoms with E-state index >= 15 is 0 Å². The second-order valence-corrected chi connectivity index (χ2v) is 8.06. The average molecular weight is 424 g/mol. The van der Waals surface area contributed by atoms with Crippen molar-refractivity contribution in [2.45, 2.75) is 20.3 Å². The first-order valence-electron chi connectivity index (χ1n) is 9.38. The highest BCUT2D eigenvalue weighted by molar-refractivity contribution is 7.18. The summed E-state index contributed by atoms with van der Waals surface area (Å²) in [4.78, 5) is 3.67. The molecule has 0 bridgehead atoms. The molecule has 0 spiro atoms. The molecule has 30 heavy (non-hydrogen) atoms. The molecule has 7 heteroatoms. The Hall–Kier alpha value is -3.24. The molecule has 0 saturated carbocycles. The summed E-state index contributed by atoms with van der Waals surface area (Å²) in [6, 6.07) is 8.51. The first kappa shape index (κ1) is 21.5. The van der Waals surface area contributed by atoms with Crippen molar-refractivity contribution in [1.29, 1.82) is 0 Å². The van der Waals surface area contributed by atoms with E-state index in [4.69, 9.17) is 16.0 Å². The fraction of sp³-hybridized carbons (Fsp3) is 0.261. The third kappa shape index (κ3) is 4.66. The first-order valence-corrected chi connectivity index (χ1v) is 10.2. The lowest BCUT2D eigenvalue weighted by Gasteiger charge is -2.10. The highest BCUT2D eigenvalue weighted by Crippen LogP contribution is 2.39. The molecule has 3 aromatic rings. The van der Waals surface area contributed by atoms with Gasteiger partial charge in [-0.05, 0) is 42.2 Å². The van der Waals surface area contributed by atoms with Crippen LogP contribution in [-0.2, 0) is 11.2 Å².